The van der Waals surface area contributed by atoms with Gasteiger partial charge < -0.3 is 15.0 Å². The number of hydrogen-bond donors (Lipinski definition) is 2. The van der Waals surface area contributed by atoms with Gasteiger partial charge in [-0.1, -0.05) is 41.9 Å². The van der Waals surface area contributed by atoms with Crippen molar-refractivity contribution in [3.05, 3.63) is 70.4 Å². The van der Waals surface area contributed by atoms with E-state index in [1.54, 1.807) is 19.1 Å². The normalized spacial score (nSPS) is 10.6. The quantitative estimate of drug-likeness (QED) is 0.686. The molecule has 0 fully saturated rings. The molecule has 25 heavy (non-hydrogen) atoms. The van der Waals surface area contributed by atoms with Gasteiger partial charge in [-0.25, -0.2) is 4.79 Å². The van der Waals surface area contributed by atoms with E-state index in [1.807, 2.05) is 36.4 Å². The Morgan fingerprint density at radius 1 is 1.16 bits per heavy atom. The maximum Gasteiger partial charge on any atom is 0.341 e. The van der Waals surface area contributed by atoms with E-state index in [0.717, 1.165) is 16.5 Å². The number of benzene rings is 2. The lowest BCUT2D eigenvalue weighted by Gasteiger charge is -2.07. The first-order chi connectivity index (χ1) is 12.0. The van der Waals surface area contributed by atoms with Gasteiger partial charge in [0.1, 0.15) is 0 Å². The number of aromatic amines is 1. The minimum absolute atomic E-state index is 0.322. The number of fused-ring (bicyclic) bond motifs is 1. The van der Waals surface area contributed by atoms with Crippen molar-refractivity contribution in [2.75, 3.05) is 6.61 Å². The number of halogens is 1. The first-order valence-corrected chi connectivity index (χ1v) is 8.18. The molecular weight excluding hydrogens is 340 g/mol. The minimum atomic E-state index is -0.521. The predicted octanol–water partition coefficient (Wildman–Crippen LogP) is 3.60. The minimum Gasteiger partial charge on any atom is -0.452 e. The second-order valence-corrected chi connectivity index (χ2v) is 6.09. The van der Waals surface area contributed by atoms with E-state index < -0.39 is 5.97 Å². The Labute approximate surface area is 149 Å². The van der Waals surface area contributed by atoms with E-state index in [1.165, 1.54) is 0 Å². The highest BCUT2D eigenvalue weighted by Crippen LogP contribution is 2.22. The number of esters is 1. The Bertz CT molecular complexity index is 933. The lowest BCUT2D eigenvalue weighted by Crippen LogP contribution is -2.28. The molecule has 2 aromatic carbocycles. The number of carbonyl (C=O) groups excluding carboxylic acids is 2. The predicted molar refractivity (Wildman–Crippen MR) is 96.6 cm³/mol. The van der Waals surface area contributed by atoms with Crippen LogP contribution in [0.5, 0.6) is 0 Å². The summed E-state index contributed by atoms with van der Waals surface area (Å²) in [6.45, 7) is 1.79. The fraction of sp³-hybridized carbons (Fsp3) is 0.158. The number of nitrogens with one attached hydrogen (secondary N) is 2. The molecule has 0 radical (unpaired) electrons. The molecule has 128 valence electrons. The molecule has 1 amide bonds. The summed E-state index contributed by atoms with van der Waals surface area (Å²) in [5, 5.41) is 4.08. The van der Waals surface area contributed by atoms with Gasteiger partial charge >= 0.3 is 5.97 Å². The zero-order chi connectivity index (χ0) is 17.8. The number of H-pyrrole nitrogens is 1. The molecule has 5 nitrogen and oxygen atoms in total. The zero-order valence-electron chi connectivity index (χ0n) is 13.6. The lowest BCUT2D eigenvalue weighted by molar-refractivity contribution is -0.124. The van der Waals surface area contributed by atoms with E-state index in [9.17, 15) is 9.59 Å². The Morgan fingerprint density at radius 3 is 2.76 bits per heavy atom. The van der Waals surface area contributed by atoms with Crippen LogP contribution < -0.4 is 5.32 Å². The van der Waals surface area contributed by atoms with Gasteiger partial charge in [-0.2, -0.15) is 0 Å². The van der Waals surface area contributed by atoms with Gasteiger partial charge in [0.25, 0.3) is 5.91 Å². The third-order valence-corrected chi connectivity index (χ3v) is 4.05. The molecule has 6 heteroatoms. The topological polar surface area (TPSA) is 71.2 Å². The first-order valence-electron chi connectivity index (χ1n) is 7.80. The van der Waals surface area contributed by atoms with Crippen molar-refractivity contribution in [3.8, 4) is 0 Å². The molecular formula is C19H17ClN2O3. The van der Waals surface area contributed by atoms with Gasteiger partial charge in [-0.05, 0) is 30.7 Å². The lowest BCUT2D eigenvalue weighted by atomic mass is 10.1. The van der Waals surface area contributed by atoms with E-state index in [4.69, 9.17) is 16.3 Å². The van der Waals surface area contributed by atoms with E-state index in [0.29, 0.717) is 22.8 Å². The molecule has 1 aromatic heterocycles. The first kappa shape index (κ1) is 17.0. The molecule has 0 saturated heterocycles. The van der Waals surface area contributed by atoms with Crippen molar-refractivity contribution in [1.29, 1.82) is 0 Å². The smallest absolute Gasteiger partial charge is 0.341 e. The Morgan fingerprint density at radius 2 is 1.96 bits per heavy atom. The van der Waals surface area contributed by atoms with Gasteiger partial charge in [0.15, 0.2) is 6.61 Å². The standard InChI is InChI=1S/C19H17ClN2O3/c1-12-18(15-7-2-3-8-16(15)22-12)19(24)25-11-17(23)21-10-13-5-4-6-14(20)9-13/h2-9,22H,10-11H2,1H3,(H,21,23). The van der Waals surface area contributed by atoms with Gasteiger partial charge in [0.05, 0.1) is 5.56 Å². The van der Waals surface area contributed by atoms with Crippen LogP contribution >= 0.6 is 11.6 Å². The molecule has 0 aliphatic carbocycles. The van der Waals surface area contributed by atoms with Crippen LogP contribution in [0.15, 0.2) is 48.5 Å². The van der Waals surface area contributed by atoms with Crippen LogP contribution in [0.25, 0.3) is 10.9 Å². The van der Waals surface area contributed by atoms with Crippen molar-refractivity contribution >= 4 is 34.4 Å². The average Bonchev–Trinajstić information content (AvgIpc) is 2.93. The number of hydrogen-bond acceptors (Lipinski definition) is 3. The monoisotopic (exact) mass is 356 g/mol. The number of amides is 1. The fourth-order valence-electron chi connectivity index (χ4n) is 2.64. The van der Waals surface area contributed by atoms with E-state index in [-0.39, 0.29) is 12.5 Å². The summed E-state index contributed by atoms with van der Waals surface area (Å²) >= 11 is 5.90. The molecule has 0 atom stereocenters. The molecule has 3 rings (SSSR count). The number of rotatable bonds is 5. The summed E-state index contributed by atoms with van der Waals surface area (Å²) in [4.78, 5) is 27.4. The highest BCUT2D eigenvalue weighted by Gasteiger charge is 2.18. The molecule has 0 spiro atoms. The Hall–Kier alpha value is -2.79. The van der Waals surface area contributed by atoms with Crippen LogP contribution in [0.2, 0.25) is 5.02 Å². The third-order valence-electron chi connectivity index (χ3n) is 3.81. The molecule has 0 aliphatic heterocycles. The largest absolute Gasteiger partial charge is 0.452 e. The van der Waals surface area contributed by atoms with Crippen LogP contribution in [0.4, 0.5) is 0 Å². The summed E-state index contributed by atoms with van der Waals surface area (Å²) in [6.07, 6.45) is 0. The van der Waals surface area contributed by atoms with Crippen LogP contribution in [0, 0.1) is 6.92 Å². The van der Waals surface area contributed by atoms with Crippen molar-refractivity contribution in [2.45, 2.75) is 13.5 Å². The van der Waals surface area contributed by atoms with Gasteiger partial charge in [0.2, 0.25) is 0 Å². The molecule has 2 N–H and O–H groups in total. The highest BCUT2D eigenvalue weighted by atomic mass is 35.5. The fourth-order valence-corrected chi connectivity index (χ4v) is 2.85. The van der Waals surface area contributed by atoms with Crippen molar-refractivity contribution in [2.24, 2.45) is 0 Å². The summed E-state index contributed by atoms with van der Waals surface area (Å²) in [5.41, 5.74) is 2.90. The molecule has 3 aromatic rings. The zero-order valence-corrected chi connectivity index (χ0v) is 14.4. The van der Waals surface area contributed by atoms with Gasteiger partial charge in [0, 0.05) is 28.2 Å². The maximum atomic E-state index is 12.3. The summed E-state index contributed by atoms with van der Waals surface area (Å²) in [7, 11) is 0. The SMILES string of the molecule is Cc1[nH]c2ccccc2c1C(=O)OCC(=O)NCc1cccc(Cl)c1. The molecule has 0 saturated carbocycles. The number of aromatic nitrogens is 1. The molecule has 0 unspecified atom stereocenters. The maximum absolute atomic E-state index is 12.3. The summed E-state index contributed by atoms with van der Waals surface area (Å²) < 4.78 is 5.15. The Balaban J connectivity index is 1.58. The van der Waals surface area contributed by atoms with Crippen LogP contribution in [-0.2, 0) is 16.1 Å². The highest BCUT2D eigenvalue weighted by molar-refractivity contribution is 6.30. The van der Waals surface area contributed by atoms with Gasteiger partial charge in [-0.3, -0.25) is 4.79 Å². The Kier molecular flexibility index (Phi) is 5.05. The summed E-state index contributed by atoms with van der Waals surface area (Å²) in [6, 6.07) is 14.7. The number of para-hydroxylation sites is 1. The molecule has 0 bridgehead atoms. The van der Waals surface area contributed by atoms with E-state index in [2.05, 4.69) is 10.3 Å². The average molecular weight is 357 g/mol. The number of aryl methyl sites for hydroxylation is 1. The van der Waals surface area contributed by atoms with Crippen LogP contribution in [0.3, 0.4) is 0 Å². The number of ether oxygens (including phenoxy) is 1. The second kappa shape index (κ2) is 7.40. The van der Waals surface area contributed by atoms with Crippen molar-refractivity contribution < 1.29 is 14.3 Å². The van der Waals surface area contributed by atoms with Gasteiger partial charge in [-0.15, -0.1) is 0 Å². The van der Waals surface area contributed by atoms with Crippen molar-refractivity contribution in [1.82, 2.24) is 10.3 Å². The molecule has 0 aliphatic rings. The third kappa shape index (κ3) is 4.00. The molecule has 1 heterocycles. The second-order valence-electron chi connectivity index (χ2n) is 5.65. The van der Waals surface area contributed by atoms with Crippen LogP contribution in [0.1, 0.15) is 21.6 Å². The van der Waals surface area contributed by atoms with Crippen molar-refractivity contribution in [3.63, 3.8) is 0 Å². The number of carbonyl (C=O) groups is 2. The van der Waals surface area contributed by atoms with Crippen LogP contribution in [-0.4, -0.2) is 23.5 Å². The summed E-state index contributed by atoms with van der Waals surface area (Å²) in [5.74, 6) is -0.890. The van der Waals surface area contributed by atoms with E-state index >= 15 is 0 Å².